The van der Waals surface area contributed by atoms with Crippen LogP contribution in [0.1, 0.15) is 32.7 Å². The van der Waals surface area contributed by atoms with Gasteiger partial charge in [-0.25, -0.2) is 0 Å². The standard InChI is InChI=1S/C24H21N3O4/c1-16-12-18(15-31-2)20(13-25)24(30)27(16)14-22(28)26-21-11-7-6-10-19(21)23(29)17-8-4-3-5-9-17/h3-12H,14-15H2,1-2H3,(H,26,28). The predicted octanol–water partition coefficient (Wildman–Crippen LogP) is 3.04. The van der Waals surface area contributed by atoms with Gasteiger partial charge in [-0.3, -0.25) is 14.4 Å². The van der Waals surface area contributed by atoms with Crippen molar-refractivity contribution in [2.24, 2.45) is 0 Å². The average molecular weight is 415 g/mol. The third kappa shape index (κ3) is 4.77. The number of aryl methyl sites for hydroxylation is 1. The maximum absolute atomic E-state index is 12.8. The van der Waals surface area contributed by atoms with Gasteiger partial charge in [0.15, 0.2) is 5.78 Å². The van der Waals surface area contributed by atoms with Crippen LogP contribution >= 0.6 is 0 Å². The fraction of sp³-hybridized carbons (Fsp3) is 0.167. The van der Waals surface area contributed by atoms with Crippen LogP contribution in [0.4, 0.5) is 5.69 Å². The monoisotopic (exact) mass is 415 g/mol. The van der Waals surface area contributed by atoms with Crippen molar-refractivity contribution in [1.29, 1.82) is 5.26 Å². The molecule has 3 rings (SSSR count). The van der Waals surface area contributed by atoms with Crippen molar-refractivity contribution >= 4 is 17.4 Å². The highest BCUT2D eigenvalue weighted by atomic mass is 16.5. The van der Waals surface area contributed by atoms with E-state index in [2.05, 4.69) is 5.32 Å². The lowest BCUT2D eigenvalue weighted by molar-refractivity contribution is -0.116. The molecule has 0 aliphatic carbocycles. The first-order chi connectivity index (χ1) is 15.0. The number of nitriles is 1. The van der Waals surface area contributed by atoms with Crippen LogP contribution in [0.15, 0.2) is 65.5 Å². The van der Waals surface area contributed by atoms with Crippen LogP contribution in [-0.4, -0.2) is 23.4 Å². The number of hydrogen-bond donors (Lipinski definition) is 1. The number of para-hydroxylation sites is 1. The number of ketones is 1. The predicted molar refractivity (Wildman–Crippen MR) is 116 cm³/mol. The van der Waals surface area contributed by atoms with Crippen LogP contribution in [0.3, 0.4) is 0 Å². The summed E-state index contributed by atoms with van der Waals surface area (Å²) in [5, 5.41) is 12.1. The molecule has 156 valence electrons. The second-order valence-corrected chi connectivity index (χ2v) is 6.91. The van der Waals surface area contributed by atoms with E-state index in [1.54, 1.807) is 61.5 Å². The summed E-state index contributed by atoms with van der Waals surface area (Å²) < 4.78 is 6.27. The zero-order valence-corrected chi connectivity index (χ0v) is 17.2. The van der Waals surface area contributed by atoms with Crippen LogP contribution in [-0.2, 0) is 22.7 Å². The molecule has 3 aromatic rings. The Morgan fingerprint density at radius 3 is 2.45 bits per heavy atom. The molecule has 1 aromatic heterocycles. The van der Waals surface area contributed by atoms with E-state index in [0.717, 1.165) is 0 Å². The largest absolute Gasteiger partial charge is 0.380 e. The topological polar surface area (TPSA) is 101 Å². The highest BCUT2D eigenvalue weighted by Gasteiger charge is 2.18. The van der Waals surface area contributed by atoms with Gasteiger partial charge in [0.1, 0.15) is 18.2 Å². The molecule has 0 atom stereocenters. The van der Waals surface area contributed by atoms with Gasteiger partial charge in [0.05, 0.1) is 12.3 Å². The summed E-state index contributed by atoms with van der Waals surface area (Å²) in [6.07, 6.45) is 0. The summed E-state index contributed by atoms with van der Waals surface area (Å²) in [6.45, 7) is 1.52. The Balaban J connectivity index is 1.87. The van der Waals surface area contributed by atoms with Gasteiger partial charge < -0.3 is 14.6 Å². The summed E-state index contributed by atoms with van der Waals surface area (Å²) in [5.74, 6) is -0.706. The first-order valence-corrected chi connectivity index (χ1v) is 9.57. The molecule has 7 heteroatoms. The third-order valence-corrected chi connectivity index (χ3v) is 4.78. The minimum atomic E-state index is -0.557. The molecule has 1 amide bonds. The molecule has 0 radical (unpaired) electrons. The Labute approximate surface area is 179 Å². The van der Waals surface area contributed by atoms with Crippen LogP contribution in [0.5, 0.6) is 0 Å². The molecule has 0 unspecified atom stereocenters. The second-order valence-electron chi connectivity index (χ2n) is 6.91. The van der Waals surface area contributed by atoms with Crippen molar-refractivity contribution in [2.45, 2.75) is 20.1 Å². The van der Waals surface area contributed by atoms with Crippen LogP contribution in [0.25, 0.3) is 0 Å². The molecular formula is C24H21N3O4. The highest BCUT2D eigenvalue weighted by molar-refractivity contribution is 6.13. The molecule has 0 saturated heterocycles. The Bertz CT molecular complexity index is 1220. The van der Waals surface area contributed by atoms with Gasteiger partial charge in [-0.2, -0.15) is 5.26 Å². The normalized spacial score (nSPS) is 10.4. The maximum atomic E-state index is 12.8. The van der Waals surface area contributed by atoms with E-state index in [1.807, 2.05) is 12.1 Å². The third-order valence-electron chi connectivity index (χ3n) is 4.78. The number of rotatable bonds is 7. The van der Waals surface area contributed by atoms with Gasteiger partial charge in [0.2, 0.25) is 5.91 Å². The highest BCUT2D eigenvalue weighted by Crippen LogP contribution is 2.19. The first-order valence-electron chi connectivity index (χ1n) is 9.57. The van der Waals surface area contributed by atoms with Gasteiger partial charge in [-0.1, -0.05) is 42.5 Å². The van der Waals surface area contributed by atoms with Crippen molar-refractivity contribution in [3.05, 3.63) is 99.0 Å². The summed E-state index contributed by atoms with van der Waals surface area (Å²) >= 11 is 0. The average Bonchev–Trinajstić information content (AvgIpc) is 2.77. The first kappa shape index (κ1) is 21.7. The van der Waals surface area contributed by atoms with Crippen molar-refractivity contribution in [2.75, 3.05) is 12.4 Å². The number of pyridine rings is 1. The summed E-state index contributed by atoms with van der Waals surface area (Å²) in [6, 6.07) is 19.0. The summed E-state index contributed by atoms with van der Waals surface area (Å²) in [4.78, 5) is 38.3. The number of amides is 1. The van der Waals surface area contributed by atoms with E-state index in [1.165, 1.54) is 11.7 Å². The van der Waals surface area contributed by atoms with Crippen molar-refractivity contribution < 1.29 is 14.3 Å². The fourth-order valence-corrected chi connectivity index (χ4v) is 3.29. The molecule has 7 nitrogen and oxygen atoms in total. The van der Waals surface area contributed by atoms with Gasteiger partial charge in [-0.05, 0) is 25.1 Å². The maximum Gasteiger partial charge on any atom is 0.269 e. The van der Waals surface area contributed by atoms with E-state index in [-0.39, 0.29) is 24.5 Å². The number of carbonyl (C=O) groups excluding carboxylic acids is 2. The number of nitrogens with one attached hydrogen (secondary N) is 1. The number of anilines is 1. The lowest BCUT2D eigenvalue weighted by Crippen LogP contribution is -2.32. The van der Waals surface area contributed by atoms with E-state index >= 15 is 0 Å². The second kappa shape index (κ2) is 9.65. The number of nitrogens with zero attached hydrogens (tertiary/aromatic N) is 2. The number of carbonyl (C=O) groups is 2. The zero-order chi connectivity index (χ0) is 22.4. The minimum absolute atomic E-state index is 0.0556. The van der Waals surface area contributed by atoms with Gasteiger partial charge in [0, 0.05) is 29.5 Å². The van der Waals surface area contributed by atoms with Crippen molar-refractivity contribution in [1.82, 2.24) is 4.57 Å². The number of benzene rings is 2. The lowest BCUT2D eigenvalue weighted by Gasteiger charge is -2.14. The van der Waals surface area contributed by atoms with Crippen LogP contribution < -0.4 is 10.9 Å². The number of ether oxygens (including phenoxy) is 1. The van der Waals surface area contributed by atoms with Crippen molar-refractivity contribution in [3.8, 4) is 6.07 Å². The molecule has 0 bridgehead atoms. The smallest absolute Gasteiger partial charge is 0.269 e. The molecule has 0 aliphatic heterocycles. The number of hydrogen-bond acceptors (Lipinski definition) is 5. The van der Waals surface area contributed by atoms with E-state index in [4.69, 9.17) is 4.74 Å². The molecule has 0 aliphatic rings. The molecule has 2 aromatic carbocycles. The molecule has 31 heavy (non-hydrogen) atoms. The van der Waals surface area contributed by atoms with E-state index in [0.29, 0.717) is 28.1 Å². The lowest BCUT2D eigenvalue weighted by atomic mass is 10.0. The molecule has 0 fully saturated rings. The Hall–Kier alpha value is -4.02. The van der Waals surface area contributed by atoms with E-state index in [9.17, 15) is 19.6 Å². The molecule has 0 saturated carbocycles. The fourth-order valence-electron chi connectivity index (χ4n) is 3.29. The Morgan fingerprint density at radius 1 is 1.10 bits per heavy atom. The summed E-state index contributed by atoms with van der Waals surface area (Å²) in [7, 11) is 1.48. The van der Waals surface area contributed by atoms with Crippen LogP contribution in [0, 0.1) is 18.3 Å². The molecular weight excluding hydrogens is 394 g/mol. The van der Waals surface area contributed by atoms with Crippen LogP contribution in [0.2, 0.25) is 0 Å². The van der Waals surface area contributed by atoms with Gasteiger partial charge in [0.25, 0.3) is 5.56 Å². The summed E-state index contributed by atoms with van der Waals surface area (Å²) in [5.41, 5.74) is 1.59. The molecule has 0 spiro atoms. The van der Waals surface area contributed by atoms with Gasteiger partial charge in [-0.15, -0.1) is 0 Å². The molecule has 1 N–H and O–H groups in total. The van der Waals surface area contributed by atoms with Crippen molar-refractivity contribution in [3.63, 3.8) is 0 Å². The SMILES string of the molecule is COCc1cc(C)n(CC(=O)Nc2ccccc2C(=O)c2ccccc2)c(=O)c1C#N. The van der Waals surface area contributed by atoms with E-state index < -0.39 is 11.5 Å². The number of methoxy groups -OCH3 is 1. The number of aromatic nitrogens is 1. The minimum Gasteiger partial charge on any atom is -0.380 e. The zero-order valence-electron chi connectivity index (χ0n) is 17.2. The quantitative estimate of drug-likeness (QED) is 0.598. The molecule has 1 heterocycles. The Morgan fingerprint density at radius 2 is 1.77 bits per heavy atom. The Kier molecular flexibility index (Phi) is 6.75. The van der Waals surface area contributed by atoms with Gasteiger partial charge >= 0.3 is 0 Å².